The second-order valence-electron chi connectivity index (χ2n) is 6.55. The molecule has 0 aliphatic rings. The van der Waals surface area contributed by atoms with Gasteiger partial charge < -0.3 is 4.74 Å². The van der Waals surface area contributed by atoms with E-state index in [1.54, 1.807) is 23.6 Å². The first-order chi connectivity index (χ1) is 14.0. The van der Waals surface area contributed by atoms with Gasteiger partial charge in [-0.15, -0.1) is 0 Å². The normalized spacial score (nSPS) is 12.2. The maximum Gasteiger partial charge on any atom is 0.262 e. The molecule has 1 atom stereocenters. The van der Waals surface area contributed by atoms with Crippen LogP contribution >= 0.6 is 11.8 Å². The van der Waals surface area contributed by atoms with Gasteiger partial charge in [0.1, 0.15) is 5.82 Å². The van der Waals surface area contributed by atoms with E-state index in [1.165, 1.54) is 36.0 Å². The molecule has 0 radical (unpaired) electrons. The summed E-state index contributed by atoms with van der Waals surface area (Å²) in [6.07, 6.45) is 0.668. The SMILES string of the molecule is CCOCCCn1c(S[C@@H](C)C(=O)c2ccc(F)cc2)nc2ccccc2c1=O. The molecular weight excluding hydrogens is 391 g/mol. The number of carbonyl (C=O) groups is 1. The minimum atomic E-state index is -0.480. The first kappa shape index (κ1) is 21.2. The molecule has 0 N–H and O–H groups in total. The molecule has 1 aromatic heterocycles. The van der Waals surface area contributed by atoms with E-state index < -0.39 is 5.25 Å². The van der Waals surface area contributed by atoms with Crippen molar-refractivity contribution in [3.05, 3.63) is 70.3 Å². The Morgan fingerprint density at radius 3 is 2.66 bits per heavy atom. The van der Waals surface area contributed by atoms with Crippen molar-refractivity contribution >= 4 is 28.4 Å². The number of para-hydroxylation sites is 1. The zero-order valence-corrected chi connectivity index (χ0v) is 17.2. The first-order valence-corrected chi connectivity index (χ1v) is 10.4. The van der Waals surface area contributed by atoms with Gasteiger partial charge in [-0.05, 0) is 56.7 Å². The Morgan fingerprint density at radius 1 is 1.21 bits per heavy atom. The predicted molar refractivity (Wildman–Crippen MR) is 113 cm³/mol. The summed E-state index contributed by atoms with van der Waals surface area (Å²) in [4.78, 5) is 30.4. The Balaban J connectivity index is 1.90. The Labute approximate surface area is 172 Å². The maximum atomic E-state index is 13.1. The van der Waals surface area contributed by atoms with Gasteiger partial charge in [0.05, 0.1) is 16.2 Å². The molecular formula is C22H23FN2O3S. The fraction of sp³-hybridized carbons (Fsp3) is 0.318. The summed E-state index contributed by atoms with van der Waals surface area (Å²) in [5.74, 6) is -0.528. The van der Waals surface area contributed by atoms with Gasteiger partial charge in [0.15, 0.2) is 10.9 Å². The molecule has 0 amide bonds. The quantitative estimate of drug-likeness (QED) is 0.226. The molecule has 7 heteroatoms. The molecule has 0 saturated heterocycles. The number of aromatic nitrogens is 2. The summed E-state index contributed by atoms with van der Waals surface area (Å²) in [5.41, 5.74) is 0.899. The van der Waals surface area contributed by atoms with E-state index in [-0.39, 0.29) is 17.2 Å². The zero-order valence-electron chi connectivity index (χ0n) is 16.4. The topological polar surface area (TPSA) is 61.2 Å². The van der Waals surface area contributed by atoms with Gasteiger partial charge in [-0.25, -0.2) is 9.37 Å². The van der Waals surface area contributed by atoms with Crippen molar-refractivity contribution in [1.82, 2.24) is 9.55 Å². The number of ether oxygens (including phenoxy) is 1. The number of fused-ring (bicyclic) bond motifs is 1. The summed E-state index contributed by atoms with van der Waals surface area (Å²) in [5, 5.41) is 0.561. The molecule has 0 fully saturated rings. The number of Topliss-reactive ketones (excluding diaryl/α,β-unsaturated/α-hetero) is 1. The fourth-order valence-corrected chi connectivity index (χ4v) is 3.98. The second-order valence-corrected chi connectivity index (χ2v) is 7.86. The third-order valence-corrected chi connectivity index (χ3v) is 5.57. The fourth-order valence-electron chi connectivity index (χ4n) is 2.96. The van der Waals surface area contributed by atoms with E-state index in [0.717, 1.165) is 0 Å². The number of benzene rings is 2. The zero-order chi connectivity index (χ0) is 20.8. The Kier molecular flexibility index (Phi) is 7.17. The smallest absolute Gasteiger partial charge is 0.262 e. The number of carbonyl (C=O) groups excluding carboxylic acids is 1. The Morgan fingerprint density at radius 2 is 1.93 bits per heavy atom. The lowest BCUT2D eigenvalue weighted by Crippen LogP contribution is -2.25. The molecule has 0 spiro atoms. The highest BCUT2D eigenvalue weighted by atomic mass is 32.2. The Hall–Kier alpha value is -2.51. The number of ketones is 1. The van der Waals surface area contributed by atoms with Gasteiger partial charge in [0.25, 0.3) is 5.56 Å². The van der Waals surface area contributed by atoms with E-state index in [2.05, 4.69) is 4.98 Å². The van der Waals surface area contributed by atoms with Gasteiger partial charge in [0, 0.05) is 25.3 Å². The van der Waals surface area contributed by atoms with Crippen molar-refractivity contribution in [3.8, 4) is 0 Å². The standard InChI is InChI=1S/C22H23FN2O3S/c1-3-28-14-6-13-25-21(27)18-7-4-5-8-19(18)24-22(25)29-15(2)20(26)16-9-11-17(23)12-10-16/h4-5,7-12,15H,3,6,13-14H2,1-2H3/t15-/m0/s1. The summed E-state index contributed by atoms with van der Waals surface area (Å²) < 4.78 is 20.1. The lowest BCUT2D eigenvalue weighted by Gasteiger charge is -2.16. The molecule has 5 nitrogen and oxygen atoms in total. The minimum Gasteiger partial charge on any atom is -0.382 e. The molecule has 0 aliphatic heterocycles. The van der Waals surface area contributed by atoms with Crippen molar-refractivity contribution in [2.24, 2.45) is 0 Å². The van der Waals surface area contributed by atoms with Gasteiger partial charge in [-0.3, -0.25) is 14.2 Å². The molecule has 0 unspecified atom stereocenters. The number of nitrogens with zero attached hydrogens (tertiary/aromatic N) is 2. The van der Waals surface area contributed by atoms with Crippen LogP contribution in [0.25, 0.3) is 10.9 Å². The predicted octanol–water partition coefficient (Wildman–Crippen LogP) is 4.33. The molecule has 3 aromatic rings. The molecule has 0 bridgehead atoms. The number of hydrogen-bond donors (Lipinski definition) is 0. The van der Waals surface area contributed by atoms with Crippen LogP contribution in [0.1, 0.15) is 30.6 Å². The summed E-state index contributed by atoms with van der Waals surface area (Å²) in [6, 6.07) is 12.7. The molecule has 152 valence electrons. The summed E-state index contributed by atoms with van der Waals surface area (Å²) in [7, 11) is 0. The number of thioether (sulfide) groups is 1. The molecule has 29 heavy (non-hydrogen) atoms. The van der Waals surface area contributed by atoms with Crippen molar-refractivity contribution in [2.45, 2.75) is 37.2 Å². The number of halogens is 1. The van der Waals surface area contributed by atoms with E-state index in [1.807, 2.05) is 19.1 Å². The Bertz CT molecular complexity index is 1050. The van der Waals surface area contributed by atoms with E-state index in [9.17, 15) is 14.0 Å². The monoisotopic (exact) mass is 414 g/mol. The molecule has 3 rings (SSSR count). The van der Waals surface area contributed by atoms with Gasteiger partial charge >= 0.3 is 0 Å². The van der Waals surface area contributed by atoms with Gasteiger partial charge in [-0.1, -0.05) is 23.9 Å². The van der Waals surface area contributed by atoms with E-state index in [0.29, 0.717) is 47.8 Å². The largest absolute Gasteiger partial charge is 0.382 e. The van der Waals surface area contributed by atoms with Crippen molar-refractivity contribution < 1.29 is 13.9 Å². The van der Waals surface area contributed by atoms with Crippen LogP contribution in [0.3, 0.4) is 0 Å². The summed E-state index contributed by atoms with van der Waals surface area (Å²) in [6.45, 7) is 5.31. The van der Waals surface area contributed by atoms with Crippen molar-refractivity contribution in [3.63, 3.8) is 0 Å². The molecule has 2 aromatic carbocycles. The van der Waals surface area contributed by atoms with Crippen LogP contribution in [-0.2, 0) is 11.3 Å². The molecule has 0 saturated carbocycles. The molecule has 0 aliphatic carbocycles. The second kappa shape index (κ2) is 9.80. The highest BCUT2D eigenvalue weighted by Crippen LogP contribution is 2.25. The van der Waals surface area contributed by atoms with Crippen LogP contribution in [0.15, 0.2) is 58.5 Å². The average Bonchev–Trinajstić information content (AvgIpc) is 2.73. The van der Waals surface area contributed by atoms with Crippen molar-refractivity contribution in [2.75, 3.05) is 13.2 Å². The van der Waals surface area contributed by atoms with Gasteiger partial charge in [0.2, 0.25) is 0 Å². The first-order valence-electron chi connectivity index (χ1n) is 9.55. The molecule has 1 heterocycles. The maximum absolute atomic E-state index is 13.1. The lowest BCUT2D eigenvalue weighted by atomic mass is 10.1. The highest BCUT2D eigenvalue weighted by molar-refractivity contribution is 8.00. The van der Waals surface area contributed by atoms with E-state index in [4.69, 9.17) is 4.74 Å². The highest BCUT2D eigenvalue weighted by Gasteiger charge is 2.20. The van der Waals surface area contributed by atoms with Crippen LogP contribution in [0, 0.1) is 5.82 Å². The number of rotatable bonds is 9. The van der Waals surface area contributed by atoms with E-state index >= 15 is 0 Å². The van der Waals surface area contributed by atoms with Crippen LogP contribution in [0.4, 0.5) is 4.39 Å². The van der Waals surface area contributed by atoms with Gasteiger partial charge in [-0.2, -0.15) is 0 Å². The summed E-state index contributed by atoms with van der Waals surface area (Å²) >= 11 is 1.24. The average molecular weight is 415 g/mol. The lowest BCUT2D eigenvalue weighted by molar-refractivity contribution is 0.0993. The van der Waals surface area contributed by atoms with Crippen molar-refractivity contribution in [1.29, 1.82) is 0 Å². The van der Waals surface area contributed by atoms with Crippen LogP contribution < -0.4 is 5.56 Å². The van der Waals surface area contributed by atoms with Crippen LogP contribution in [-0.4, -0.2) is 33.8 Å². The van der Waals surface area contributed by atoms with Crippen LogP contribution in [0.5, 0.6) is 0 Å². The van der Waals surface area contributed by atoms with Crippen LogP contribution in [0.2, 0.25) is 0 Å². The number of hydrogen-bond acceptors (Lipinski definition) is 5. The third-order valence-electron chi connectivity index (χ3n) is 4.48. The third kappa shape index (κ3) is 5.10. The minimum absolute atomic E-state index is 0.129.